The Balaban J connectivity index is 2.75. The van der Waals surface area contributed by atoms with Gasteiger partial charge in [0.05, 0.1) is 6.20 Å². The number of hydrogen-bond donors (Lipinski definition) is 0. The molecule has 0 aliphatic carbocycles. The maximum atomic E-state index is 5.17. The van der Waals surface area contributed by atoms with Crippen molar-refractivity contribution in [3.63, 3.8) is 0 Å². The first-order valence-electron chi connectivity index (χ1n) is 2.89. The molecule has 0 unspecified atom stereocenters. The van der Waals surface area contributed by atoms with Crippen LogP contribution in [0.5, 0.6) is 0 Å². The SMILES string of the molecule is Cc1cnc2ncnc-2o1. The van der Waals surface area contributed by atoms with Crippen molar-refractivity contribution in [3.05, 3.63) is 18.3 Å². The molecule has 2 aliphatic rings. The molecule has 2 aliphatic heterocycles. The molecule has 0 fully saturated rings. The number of hydrogen-bond acceptors (Lipinski definition) is 4. The van der Waals surface area contributed by atoms with Gasteiger partial charge in [0.2, 0.25) is 5.82 Å². The quantitative estimate of drug-likeness (QED) is 0.538. The van der Waals surface area contributed by atoms with Crippen LogP contribution in [-0.2, 0) is 0 Å². The molecule has 0 aromatic rings. The lowest BCUT2D eigenvalue weighted by Gasteiger charge is -1.93. The molecule has 0 bridgehead atoms. The van der Waals surface area contributed by atoms with E-state index in [-0.39, 0.29) is 0 Å². The molecule has 0 atom stereocenters. The van der Waals surface area contributed by atoms with Crippen LogP contribution in [0.3, 0.4) is 0 Å². The molecule has 10 heavy (non-hydrogen) atoms. The molecule has 0 radical (unpaired) electrons. The predicted octanol–water partition coefficient (Wildman–Crippen LogP) is 0.878. The van der Waals surface area contributed by atoms with E-state index in [1.165, 1.54) is 6.33 Å². The van der Waals surface area contributed by atoms with Crippen molar-refractivity contribution in [3.8, 4) is 11.7 Å². The standard InChI is InChI=1S/C6H5N3O/c1-4-2-7-5-6(10-4)9-3-8-5/h2-3H,1H3. The van der Waals surface area contributed by atoms with Gasteiger partial charge in [-0.15, -0.1) is 0 Å². The minimum atomic E-state index is 0.500. The van der Waals surface area contributed by atoms with E-state index in [0.29, 0.717) is 11.7 Å². The van der Waals surface area contributed by atoms with E-state index in [2.05, 4.69) is 15.0 Å². The number of rotatable bonds is 0. The molecule has 0 saturated heterocycles. The van der Waals surface area contributed by atoms with Crippen molar-refractivity contribution in [2.45, 2.75) is 6.92 Å². The second-order valence-electron chi connectivity index (χ2n) is 1.97. The van der Waals surface area contributed by atoms with Crippen LogP contribution < -0.4 is 0 Å². The van der Waals surface area contributed by atoms with Gasteiger partial charge in [-0.2, -0.15) is 4.98 Å². The van der Waals surface area contributed by atoms with Gasteiger partial charge in [-0.1, -0.05) is 0 Å². The predicted molar refractivity (Wildman–Crippen MR) is 33.5 cm³/mol. The molecule has 0 spiro atoms. The number of aromatic nitrogens is 3. The van der Waals surface area contributed by atoms with Crippen molar-refractivity contribution in [1.29, 1.82) is 0 Å². The summed E-state index contributed by atoms with van der Waals surface area (Å²) in [6, 6.07) is 0. The van der Waals surface area contributed by atoms with Crippen molar-refractivity contribution >= 4 is 0 Å². The molecule has 0 aromatic carbocycles. The third-order valence-corrected chi connectivity index (χ3v) is 1.17. The Hall–Kier alpha value is -1.45. The van der Waals surface area contributed by atoms with Crippen molar-refractivity contribution in [1.82, 2.24) is 15.0 Å². The Morgan fingerprint density at radius 2 is 2.20 bits per heavy atom. The van der Waals surface area contributed by atoms with Gasteiger partial charge < -0.3 is 4.42 Å². The van der Waals surface area contributed by atoms with E-state index in [0.717, 1.165) is 5.76 Å². The minimum absolute atomic E-state index is 0.500. The summed E-state index contributed by atoms with van der Waals surface area (Å²) < 4.78 is 5.17. The zero-order valence-corrected chi connectivity index (χ0v) is 5.40. The Labute approximate surface area is 57.3 Å². The van der Waals surface area contributed by atoms with Crippen LogP contribution in [0.1, 0.15) is 5.76 Å². The normalized spacial score (nSPS) is 10.5. The summed E-state index contributed by atoms with van der Waals surface area (Å²) in [5.41, 5.74) is 0. The van der Waals surface area contributed by atoms with Gasteiger partial charge in [-0.3, -0.25) is 0 Å². The zero-order valence-electron chi connectivity index (χ0n) is 5.40. The topological polar surface area (TPSA) is 51.8 Å². The van der Waals surface area contributed by atoms with E-state index < -0.39 is 0 Å². The second-order valence-corrected chi connectivity index (χ2v) is 1.97. The molecule has 2 heterocycles. The van der Waals surface area contributed by atoms with Crippen LogP contribution >= 0.6 is 0 Å². The van der Waals surface area contributed by atoms with Gasteiger partial charge in [-0.05, 0) is 6.92 Å². The highest BCUT2D eigenvalue weighted by Gasteiger charge is 2.07. The first kappa shape index (κ1) is 5.34. The lowest BCUT2D eigenvalue weighted by molar-refractivity contribution is 0.509. The Bertz CT molecular complexity index is 317. The highest BCUT2D eigenvalue weighted by Crippen LogP contribution is 2.13. The molecule has 4 heteroatoms. The van der Waals surface area contributed by atoms with E-state index in [4.69, 9.17) is 4.42 Å². The fraction of sp³-hybridized carbons (Fsp3) is 0.167. The summed E-state index contributed by atoms with van der Waals surface area (Å²) in [4.78, 5) is 11.7. The third-order valence-electron chi connectivity index (χ3n) is 1.17. The van der Waals surface area contributed by atoms with Crippen LogP contribution in [0, 0.1) is 6.92 Å². The zero-order chi connectivity index (χ0) is 6.97. The number of aryl methyl sites for hydroxylation is 1. The average molecular weight is 135 g/mol. The molecule has 0 aromatic heterocycles. The largest absolute Gasteiger partial charge is 0.439 e. The number of nitrogens with zero attached hydrogens (tertiary/aromatic N) is 3. The molecule has 4 nitrogen and oxygen atoms in total. The van der Waals surface area contributed by atoms with E-state index >= 15 is 0 Å². The van der Waals surface area contributed by atoms with Gasteiger partial charge >= 0.3 is 0 Å². The van der Waals surface area contributed by atoms with Gasteiger partial charge in [0.15, 0.2) is 0 Å². The van der Waals surface area contributed by atoms with Gasteiger partial charge in [0, 0.05) is 0 Å². The summed E-state index contributed by atoms with van der Waals surface area (Å²) in [7, 11) is 0. The number of imidazole rings is 1. The van der Waals surface area contributed by atoms with E-state index in [9.17, 15) is 0 Å². The smallest absolute Gasteiger partial charge is 0.266 e. The fourth-order valence-corrected chi connectivity index (χ4v) is 0.740. The summed E-state index contributed by atoms with van der Waals surface area (Å²) in [5.74, 6) is 1.80. The first-order valence-corrected chi connectivity index (χ1v) is 2.89. The van der Waals surface area contributed by atoms with Crippen LogP contribution in [0.25, 0.3) is 11.7 Å². The first-order chi connectivity index (χ1) is 4.86. The van der Waals surface area contributed by atoms with Crippen molar-refractivity contribution in [2.24, 2.45) is 0 Å². The van der Waals surface area contributed by atoms with Crippen LogP contribution in [0.2, 0.25) is 0 Å². The summed E-state index contributed by atoms with van der Waals surface area (Å²) in [5, 5.41) is 0. The molecule has 0 N–H and O–H groups in total. The van der Waals surface area contributed by atoms with Crippen molar-refractivity contribution < 1.29 is 4.42 Å². The Morgan fingerprint density at radius 1 is 1.30 bits per heavy atom. The summed E-state index contributed by atoms with van der Waals surface area (Å²) >= 11 is 0. The molecular formula is C6H5N3O. The third kappa shape index (κ3) is 0.655. The van der Waals surface area contributed by atoms with Crippen molar-refractivity contribution in [2.75, 3.05) is 0 Å². The van der Waals surface area contributed by atoms with Gasteiger partial charge in [0.1, 0.15) is 12.1 Å². The average Bonchev–Trinajstić information content (AvgIpc) is 2.33. The second kappa shape index (κ2) is 1.76. The molecular weight excluding hydrogens is 130 g/mol. The Morgan fingerprint density at radius 3 is 3.10 bits per heavy atom. The monoisotopic (exact) mass is 135 g/mol. The molecule has 50 valence electrons. The highest BCUT2D eigenvalue weighted by molar-refractivity contribution is 5.39. The van der Waals surface area contributed by atoms with E-state index in [1.807, 2.05) is 6.92 Å². The summed E-state index contributed by atoms with van der Waals surface area (Å²) in [6.45, 7) is 1.82. The van der Waals surface area contributed by atoms with E-state index in [1.54, 1.807) is 6.20 Å². The fourth-order valence-electron chi connectivity index (χ4n) is 0.740. The van der Waals surface area contributed by atoms with Crippen LogP contribution in [0.4, 0.5) is 0 Å². The molecule has 0 saturated carbocycles. The maximum absolute atomic E-state index is 5.17. The van der Waals surface area contributed by atoms with Gasteiger partial charge in [-0.25, -0.2) is 9.97 Å². The lowest BCUT2D eigenvalue weighted by Crippen LogP contribution is -1.84. The van der Waals surface area contributed by atoms with Crippen LogP contribution in [0.15, 0.2) is 16.9 Å². The minimum Gasteiger partial charge on any atom is -0.439 e. The lowest BCUT2D eigenvalue weighted by atomic mass is 10.5. The Kier molecular flexibility index (Phi) is 0.943. The number of fused-ring (bicyclic) bond motifs is 1. The highest BCUT2D eigenvalue weighted by atomic mass is 16.3. The van der Waals surface area contributed by atoms with Gasteiger partial charge in [0.25, 0.3) is 5.89 Å². The molecule has 2 rings (SSSR count). The maximum Gasteiger partial charge on any atom is 0.266 e. The molecule has 0 amide bonds. The summed E-state index contributed by atoms with van der Waals surface area (Å²) in [6.07, 6.45) is 3.05. The van der Waals surface area contributed by atoms with Crippen LogP contribution in [-0.4, -0.2) is 15.0 Å².